The lowest BCUT2D eigenvalue weighted by Crippen LogP contribution is -2.36. The summed E-state index contributed by atoms with van der Waals surface area (Å²) in [6.07, 6.45) is 4.11. The third-order valence-corrected chi connectivity index (χ3v) is 7.68. The molecule has 2 amide bonds. The fourth-order valence-corrected chi connectivity index (χ4v) is 5.10. The number of benzene rings is 2. The van der Waals surface area contributed by atoms with Gasteiger partial charge in [-0.3, -0.25) is 9.59 Å². The van der Waals surface area contributed by atoms with Crippen LogP contribution in [-0.2, 0) is 4.79 Å². The van der Waals surface area contributed by atoms with Crippen LogP contribution < -0.4 is 25.0 Å². The van der Waals surface area contributed by atoms with Crippen LogP contribution in [0.4, 0.5) is 5.69 Å². The highest BCUT2D eigenvalue weighted by Crippen LogP contribution is 2.28. The summed E-state index contributed by atoms with van der Waals surface area (Å²) in [5.41, 5.74) is 2.72. The van der Waals surface area contributed by atoms with Crippen molar-refractivity contribution in [3.63, 3.8) is 0 Å². The summed E-state index contributed by atoms with van der Waals surface area (Å²) in [5, 5.41) is 7.74. The molecule has 1 saturated heterocycles. The molecular weight excluding hydrogens is 498 g/mol. The van der Waals surface area contributed by atoms with E-state index >= 15 is 0 Å². The Kier molecular flexibility index (Phi) is 9.07. The molecule has 38 heavy (non-hydrogen) atoms. The van der Waals surface area contributed by atoms with Gasteiger partial charge in [0.15, 0.2) is 11.5 Å². The standard InChI is InChI=1S/C30H35N3O4S/c1-20-13-15-33(16-14-20)24-10-7-22(8-11-24)21(2)31-30(35)26(19-25-6-5-17-38-25)32-29(34)23-9-12-27(36-3)28(18-23)37-4/h5-12,17-21H,13-16H2,1-4H3,(H,31,35)(H,32,34)/b26-19-. The van der Waals surface area contributed by atoms with Gasteiger partial charge in [-0.15, -0.1) is 11.3 Å². The number of carbonyl (C=O) groups is 2. The van der Waals surface area contributed by atoms with Crippen molar-refractivity contribution >= 4 is 34.9 Å². The maximum atomic E-state index is 13.3. The number of nitrogens with one attached hydrogen (secondary N) is 2. The third kappa shape index (κ3) is 6.75. The summed E-state index contributed by atoms with van der Waals surface area (Å²) < 4.78 is 10.6. The molecule has 0 radical (unpaired) electrons. The molecule has 2 N–H and O–H groups in total. The SMILES string of the molecule is COc1ccc(C(=O)N/C(=C\c2cccs2)C(=O)NC(C)c2ccc(N3CCC(C)CC3)cc2)cc1OC. The second-order valence-corrected chi connectivity index (χ2v) is 10.5. The van der Waals surface area contributed by atoms with Gasteiger partial charge in [0.05, 0.1) is 20.3 Å². The van der Waals surface area contributed by atoms with Crippen molar-refractivity contribution in [2.75, 3.05) is 32.2 Å². The molecule has 1 unspecified atom stereocenters. The Bertz CT molecular complexity index is 1260. The molecule has 1 fully saturated rings. The van der Waals surface area contributed by atoms with Gasteiger partial charge in [-0.05, 0) is 79.1 Å². The first kappa shape index (κ1) is 27.3. The first-order valence-corrected chi connectivity index (χ1v) is 13.7. The van der Waals surface area contributed by atoms with E-state index in [0.29, 0.717) is 17.1 Å². The minimum absolute atomic E-state index is 0.165. The largest absolute Gasteiger partial charge is 0.493 e. The fourth-order valence-electron chi connectivity index (χ4n) is 4.44. The van der Waals surface area contributed by atoms with Gasteiger partial charge in [-0.1, -0.05) is 25.1 Å². The predicted molar refractivity (Wildman–Crippen MR) is 153 cm³/mol. The average Bonchev–Trinajstić information content (AvgIpc) is 3.46. The number of amides is 2. The van der Waals surface area contributed by atoms with E-state index in [2.05, 4.69) is 46.7 Å². The van der Waals surface area contributed by atoms with Gasteiger partial charge in [0.1, 0.15) is 5.70 Å². The normalized spacial score (nSPS) is 15.1. The van der Waals surface area contributed by atoms with E-state index in [1.165, 1.54) is 44.1 Å². The minimum Gasteiger partial charge on any atom is -0.493 e. The van der Waals surface area contributed by atoms with E-state index in [1.807, 2.05) is 24.4 Å². The molecule has 1 aliphatic rings. The van der Waals surface area contributed by atoms with Crippen molar-refractivity contribution in [1.29, 1.82) is 0 Å². The second-order valence-electron chi connectivity index (χ2n) is 9.55. The number of anilines is 1. The summed E-state index contributed by atoms with van der Waals surface area (Å²) in [6, 6.07) is 16.8. The number of thiophene rings is 1. The van der Waals surface area contributed by atoms with Gasteiger partial charge in [-0.25, -0.2) is 0 Å². The number of ether oxygens (including phenoxy) is 2. The summed E-state index contributed by atoms with van der Waals surface area (Å²) in [7, 11) is 3.04. The van der Waals surface area contributed by atoms with Crippen molar-refractivity contribution < 1.29 is 19.1 Å². The average molecular weight is 534 g/mol. The number of piperidine rings is 1. The Labute approximate surface area is 228 Å². The number of methoxy groups -OCH3 is 2. The van der Waals surface area contributed by atoms with Crippen molar-refractivity contribution in [3.05, 3.63) is 81.7 Å². The van der Waals surface area contributed by atoms with Crippen LogP contribution in [0.5, 0.6) is 11.5 Å². The van der Waals surface area contributed by atoms with Gasteiger partial charge >= 0.3 is 0 Å². The van der Waals surface area contributed by atoms with E-state index in [0.717, 1.165) is 29.4 Å². The fraction of sp³-hybridized carbons (Fsp3) is 0.333. The highest BCUT2D eigenvalue weighted by Gasteiger charge is 2.20. The first-order valence-electron chi connectivity index (χ1n) is 12.8. The molecule has 3 aromatic rings. The molecule has 1 aliphatic heterocycles. The minimum atomic E-state index is -0.420. The quantitative estimate of drug-likeness (QED) is 0.348. The number of carbonyl (C=O) groups excluding carboxylic acids is 2. The molecular formula is C30H35N3O4S. The predicted octanol–water partition coefficient (Wildman–Crippen LogP) is 5.65. The van der Waals surface area contributed by atoms with Crippen LogP contribution in [0.25, 0.3) is 6.08 Å². The first-order chi connectivity index (χ1) is 18.4. The van der Waals surface area contributed by atoms with Crippen molar-refractivity contribution in [3.8, 4) is 11.5 Å². The molecule has 4 rings (SSSR count). The number of nitrogens with zero attached hydrogens (tertiary/aromatic N) is 1. The van der Waals surface area contributed by atoms with Gasteiger partial charge < -0.3 is 25.0 Å². The Balaban J connectivity index is 1.47. The van der Waals surface area contributed by atoms with Crippen molar-refractivity contribution in [2.24, 2.45) is 5.92 Å². The lowest BCUT2D eigenvalue weighted by atomic mass is 9.98. The highest BCUT2D eigenvalue weighted by atomic mass is 32.1. The molecule has 2 aromatic carbocycles. The molecule has 200 valence electrons. The smallest absolute Gasteiger partial charge is 0.268 e. The van der Waals surface area contributed by atoms with Crippen LogP contribution in [0.2, 0.25) is 0 Å². The summed E-state index contributed by atoms with van der Waals surface area (Å²) >= 11 is 1.48. The Hall–Kier alpha value is -3.78. The maximum absolute atomic E-state index is 13.3. The van der Waals surface area contributed by atoms with Crippen LogP contribution in [0, 0.1) is 5.92 Å². The lowest BCUT2D eigenvalue weighted by molar-refractivity contribution is -0.118. The summed E-state index contributed by atoms with van der Waals surface area (Å²) in [4.78, 5) is 29.7. The Morgan fingerprint density at radius 3 is 2.37 bits per heavy atom. The number of rotatable bonds is 9. The van der Waals surface area contributed by atoms with Crippen LogP contribution in [0.3, 0.4) is 0 Å². The third-order valence-electron chi connectivity index (χ3n) is 6.86. The van der Waals surface area contributed by atoms with Crippen LogP contribution >= 0.6 is 11.3 Å². The molecule has 0 saturated carbocycles. The monoisotopic (exact) mass is 533 g/mol. The second kappa shape index (κ2) is 12.6. The lowest BCUT2D eigenvalue weighted by Gasteiger charge is -2.32. The van der Waals surface area contributed by atoms with Crippen LogP contribution in [0.15, 0.2) is 65.7 Å². The Morgan fingerprint density at radius 1 is 1.03 bits per heavy atom. The molecule has 0 bridgehead atoms. The van der Waals surface area contributed by atoms with Crippen molar-refractivity contribution in [1.82, 2.24) is 10.6 Å². The van der Waals surface area contributed by atoms with Crippen LogP contribution in [-0.4, -0.2) is 39.1 Å². The molecule has 0 spiro atoms. The molecule has 7 nitrogen and oxygen atoms in total. The van der Waals surface area contributed by atoms with Gasteiger partial charge in [0.25, 0.3) is 11.8 Å². The maximum Gasteiger partial charge on any atom is 0.268 e. The van der Waals surface area contributed by atoms with Gasteiger partial charge in [0, 0.05) is 29.2 Å². The number of hydrogen-bond donors (Lipinski definition) is 2. The molecule has 8 heteroatoms. The molecule has 1 atom stereocenters. The number of hydrogen-bond acceptors (Lipinski definition) is 6. The summed E-state index contributed by atoms with van der Waals surface area (Å²) in [6.45, 7) is 6.39. The van der Waals surface area contributed by atoms with Crippen LogP contribution in [0.1, 0.15) is 53.5 Å². The highest BCUT2D eigenvalue weighted by molar-refractivity contribution is 7.10. The zero-order valence-corrected chi connectivity index (χ0v) is 23.1. The van der Waals surface area contributed by atoms with E-state index < -0.39 is 5.91 Å². The van der Waals surface area contributed by atoms with Gasteiger partial charge in [-0.2, -0.15) is 0 Å². The van der Waals surface area contributed by atoms with E-state index in [9.17, 15) is 9.59 Å². The zero-order valence-electron chi connectivity index (χ0n) is 22.3. The van der Waals surface area contributed by atoms with E-state index in [4.69, 9.17) is 9.47 Å². The van der Waals surface area contributed by atoms with Gasteiger partial charge in [0.2, 0.25) is 0 Å². The molecule has 1 aromatic heterocycles. The van der Waals surface area contributed by atoms with E-state index in [1.54, 1.807) is 24.3 Å². The van der Waals surface area contributed by atoms with Crippen molar-refractivity contribution in [2.45, 2.75) is 32.7 Å². The van der Waals surface area contributed by atoms with E-state index in [-0.39, 0.29) is 17.6 Å². The molecule has 2 heterocycles. The topological polar surface area (TPSA) is 79.9 Å². The Morgan fingerprint density at radius 2 is 1.74 bits per heavy atom. The molecule has 0 aliphatic carbocycles. The zero-order chi connectivity index (χ0) is 27.1. The summed E-state index contributed by atoms with van der Waals surface area (Å²) in [5.74, 6) is 0.949.